The molecule has 3 unspecified atom stereocenters. The van der Waals surface area contributed by atoms with Gasteiger partial charge < -0.3 is 21.5 Å². The second kappa shape index (κ2) is 20.9. The summed E-state index contributed by atoms with van der Waals surface area (Å²) in [4.78, 5) is 0. The van der Waals surface area contributed by atoms with E-state index in [1.54, 1.807) is 12.1 Å². The minimum absolute atomic E-state index is 0. The van der Waals surface area contributed by atoms with Crippen LogP contribution in [0, 0.1) is 5.92 Å². The Balaban J connectivity index is 0. The molecule has 3 atom stereocenters. The van der Waals surface area contributed by atoms with Crippen molar-refractivity contribution in [1.29, 1.82) is 0 Å². The average molecular weight is 547 g/mol. The van der Waals surface area contributed by atoms with Crippen molar-refractivity contribution in [2.75, 3.05) is 13.1 Å². The van der Waals surface area contributed by atoms with E-state index in [9.17, 15) is 5.11 Å². The van der Waals surface area contributed by atoms with Crippen LogP contribution in [0.25, 0.3) is 6.08 Å². The maximum absolute atomic E-state index is 9.61. The largest absolute Gasteiger partial charge is 0.508 e. The van der Waals surface area contributed by atoms with E-state index in [-0.39, 0.29) is 49.3 Å². The molecule has 0 radical (unpaired) electrons. The number of nitrogens with two attached hydrogens (primary N) is 1. The Hall–Kier alpha value is -1.27. The van der Waals surface area contributed by atoms with Crippen LogP contribution in [-0.2, 0) is 6.42 Å². The molecule has 0 amide bonds. The van der Waals surface area contributed by atoms with Gasteiger partial charge in [0.15, 0.2) is 0 Å². The van der Waals surface area contributed by atoms with Crippen molar-refractivity contribution < 1.29 is 5.11 Å². The molecule has 0 bridgehead atoms. The van der Waals surface area contributed by atoms with E-state index in [1.165, 1.54) is 24.0 Å². The van der Waals surface area contributed by atoms with Gasteiger partial charge in [-0.3, -0.25) is 0 Å². The molecule has 0 saturated carbocycles. The summed E-state index contributed by atoms with van der Waals surface area (Å²) >= 11 is 0. The number of halogens is 3. The molecule has 0 spiro atoms. The summed E-state index contributed by atoms with van der Waals surface area (Å²) < 4.78 is 0. The molecule has 4 nitrogen and oxygen atoms in total. The number of benzene rings is 2. The quantitative estimate of drug-likeness (QED) is 0.209. The van der Waals surface area contributed by atoms with E-state index in [4.69, 9.17) is 5.73 Å². The SMILES string of the molecule is CCCCC(N)CNC(CNC(C=Cc1ccccc1)CC(C)C)Cc1ccc(O)cc1.Cl.Cl.Cl. The molecule has 5 N–H and O–H groups in total. The molecule has 35 heavy (non-hydrogen) atoms. The molecule has 2 rings (SSSR count). The highest BCUT2D eigenvalue weighted by Gasteiger charge is 2.14. The monoisotopic (exact) mass is 545 g/mol. The zero-order valence-electron chi connectivity index (χ0n) is 21.4. The van der Waals surface area contributed by atoms with Crippen LogP contribution in [0.15, 0.2) is 60.7 Å². The Labute approximate surface area is 231 Å². The van der Waals surface area contributed by atoms with Crippen molar-refractivity contribution in [1.82, 2.24) is 10.6 Å². The van der Waals surface area contributed by atoms with Gasteiger partial charge in [-0.25, -0.2) is 0 Å². The number of phenolic OH excluding ortho intramolecular Hbond substituents is 1. The van der Waals surface area contributed by atoms with Gasteiger partial charge in [-0.05, 0) is 48.4 Å². The van der Waals surface area contributed by atoms with Gasteiger partial charge in [-0.1, -0.05) is 88.2 Å². The molecule has 0 aliphatic rings. The van der Waals surface area contributed by atoms with E-state index in [0.717, 1.165) is 32.4 Å². The summed E-state index contributed by atoms with van der Waals surface area (Å²) in [7, 11) is 0. The average Bonchev–Trinajstić information content (AvgIpc) is 2.79. The van der Waals surface area contributed by atoms with Gasteiger partial charge in [0.2, 0.25) is 0 Å². The summed E-state index contributed by atoms with van der Waals surface area (Å²) in [5, 5.41) is 17.1. The summed E-state index contributed by atoms with van der Waals surface area (Å²) in [5.74, 6) is 0.917. The molecule has 0 aliphatic heterocycles. The van der Waals surface area contributed by atoms with Gasteiger partial charge in [0, 0.05) is 31.2 Å². The summed E-state index contributed by atoms with van der Waals surface area (Å²) in [6.45, 7) is 8.42. The van der Waals surface area contributed by atoms with Gasteiger partial charge in [-0.15, -0.1) is 37.2 Å². The molecule has 2 aromatic rings. The maximum atomic E-state index is 9.61. The first-order chi connectivity index (χ1) is 15.5. The number of phenols is 1. The van der Waals surface area contributed by atoms with Gasteiger partial charge >= 0.3 is 0 Å². The van der Waals surface area contributed by atoms with E-state index in [1.807, 2.05) is 18.2 Å². The molecule has 7 heteroatoms. The van der Waals surface area contributed by atoms with Crippen LogP contribution in [0.4, 0.5) is 0 Å². The smallest absolute Gasteiger partial charge is 0.115 e. The summed E-state index contributed by atoms with van der Waals surface area (Å²) in [5.41, 5.74) is 8.77. The number of aromatic hydroxyl groups is 1. The topological polar surface area (TPSA) is 70.3 Å². The Morgan fingerprint density at radius 1 is 0.914 bits per heavy atom. The third kappa shape index (κ3) is 16.2. The lowest BCUT2D eigenvalue weighted by atomic mass is 10.0. The first-order valence-corrected chi connectivity index (χ1v) is 12.2. The zero-order chi connectivity index (χ0) is 23.2. The molecule has 2 aromatic carbocycles. The molecule has 0 fully saturated rings. The number of rotatable bonds is 15. The lowest BCUT2D eigenvalue weighted by Gasteiger charge is -2.25. The van der Waals surface area contributed by atoms with Gasteiger partial charge in [-0.2, -0.15) is 0 Å². The van der Waals surface area contributed by atoms with Crippen LogP contribution in [0.5, 0.6) is 5.75 Å². The molecule has 0 heterocycles. The highest BCUT2D eigenvalue weighted by atomic mass is 35.5. The van der Waals surface area contributed by atoms with Crippen LogP contribution < -0.4 is 16.4 Å². The molecule has 0 saturated heterocycles. The number of hydrogen-bond donors (Lipinski definition) is 4. The predicted octanol–water partition coefficient (Wildman–Crippen LogP) is 6.39. The van der Waals surface area contributed by atoms with E-state index >= 15 is 0 Å². The first kappa shape index (κ1) is 35.9. The van der Waals surface area contributed by atoms with Crippen LogP contribution in [-0.4, -0.2) is 36.3 Å². The molecule has 0 aliphatic carbocycles. The Morgan fingerprint density at radius 3 is 2.17 bits per heavy atom. The van der Waals surface area contributed by atoms with Crippen molar-refractivity contribution in [2.24, 2.45) is 11.7 Å². The van der Waals surface area contributed by atoms with Crippen LogP contribution in [0.1, 0.15) is 57.6 Å². The van der Waals surface area contributed by atoms with Gasteiger partial charge in [0.25, 0.3) is 0 Å². The third-order valence-electron chi connectivity index (χ3n) is 5.69. The highest BCUT2D eigenvalue weighted by molar-refractivity contribution is 5.86. The number of hydrogen-bond acceptors (Lipinski definition) is 4. The Bertz CT molecular complexity index is 773. The fourth-order valence-electron chi connectivity index (χ4n) is 3.84. The Morgan fingerprint density at radius 2 is 1.57 bits per heavy atom. The second-order valence-corrected chi connectivity index (χ2v) is 9.29. The van der Waals surface area contributed by atoms with E-state index in [0.29, 0.717) is 17.7 Å². The second-order valence-electron chi connectivity index (χ2n) is 9.29. The standard InChI is InChI=1S/C28H43N3O.3ClH/c1-4-5-11-25(29)20-30-27(19-24-13-16-28(32)17-14-24)21-31-26(18-22(2)3)15-12-23-9-7-6-8-10-23;;;/h6-10,12-17,22,25-27,30-32H,4-5,11,18-21,29H2,1-3H3;3*1H. The highest BCUT2D eigenvalue weighted by Crippen LogP contribution is 2.13. The molecular weight excluding hydrogens is 501 g/mol. The predicted molar refractivity (Wildman–Crippen MR) is 160 cm³/mol. The van der Waals surface area contributed by atoms with Crippen LogP contribution in [0.2, 0.25) is 0 Å². The minimum Gasteiger partial charge on any atom is -0.508 e. The normalized spacial score (nSPS) is 13.4. The maximum Gasteiger partial charge on any atom is 0.115 e. The summed E-state index contributed by atoms with van der Waals surface area (Å²) in [6.07, 6.45) is 9.89. The van der Waals surface area contributed by atoms with Gasteiger partial charge in [0.1, 0.15) is 5.75 Å². The van der Waals surface area contributed by atoms with Crippen molar-refractivity contribution in [3.8, 4) is 5.75 Å². The van der Waals surface area contributed by atoms with Crippen molar-refractivity contribution >= 4 is 43.3 Å². The van der Waals surface area contributed by atoms with Crippen molar-refractivity contribution in [2.45, 2.75) is 71.0 Å². The molecule has 0 aromatic heterocycles. The zero-order valence-corrected chi connectivity index (χ0v) is 23.8. The van der Waals surface area contributed by atoms with E-state index in [2.05, 4.69) is 67.8 Å². The fourth-order valence-corrected chi connectivity index (χ4v) is 3.84. The van der Waals surface area contributed by atoms with Crippen LogP contribution in [0.3, 0.4) is 0 Å². The Kier molecular flexibility index (Phi) is 21.4. The molecular formula is C28H46Cl3N3O. The fraction of sp³-hybridized carbons (Fsp3) is 0.500. The lowest BCUT2D eigenvalue weighted by molar-refractivity contribution is 0.403. The van der Waals surface area contributed by atoms with Crippen molar-refractivity contribution in [3.05, 3.63) is 71.8 Å². The van der Waals surface area contributed by atoms with E-state index < -0.39 is 0 Å². The van der Waals surface area contributed by atoms with Gasteiger partial charge in [0.05, 0.1) is 0 Å². The lowest BCUT2D eigenvalue weighted by Crippen LogP contribution is -2.47. The first-order valence-electron chi connectivity index (χ1n) is 12.2. The number of nitrogens with one attached hydrogen (secondary N) is 2. The third-order valence-corrected chi connectivity index (χ3v) is 5.69. The van der Waals surface area contributed by atoms with Crippen molar-refractivity contribution in [3.63, 3.8) is 0 Å². The summed E-state index contributed by atoms with van der Waals surface area (Å²) in [6, 6.07) is 18.8. The molecule has 200 valence electrons. The van der Waals surface area contributed by atoms with Crippen LogP contribution >= 0.6 is 37.2 Å². The minimum atomic E-state index is 0. The number of unbranched alkanes of at least 4 members (excludes halogenated alkanes) is 1.